The van der Waals surface area contributed by atoms with Crippen LogP contribution in [0.4, 0.5) is 0 Å². The number of rotatable bonds is 9. The molecule has 5 rings (SSSR count). The maximum Gasteiger partial charge on any atom is 0.185 e. The van der Waals surface area contributed by atoms with Gasteiger partial charge in [-0.1, -0.05) is 49.8 Å². The van der Waals surface area contributed by atoms with Crippen molar-refractivity contribution in [1.29, 1.82) is 0 Å². The predicted molar refractivity (Wildman–Crippen MR) is 143 cm³/mol. The quantitative estimate of drug-likeness (QED) is 0.301. The number of hydrogen-bond acceptors (Lipinski definition) is 6. The second-order valence-electron chi connectivity index (χ2n) is 11.4. The van der Waals surface area contributed by atoms with Crippen LogP contribution in [0.25, 0.3) is 11.1 Å². The number of aliphatic hydroxyl groups is 2. The van der Waals surface area contributed by atoms with E-state index < -0.39 is 22.5 Å². The molecular formula is C31H39NO5. The third-order valence-corrected chi connectivity index (χ3v) is 9.86. The van der Waals surface area contributed by atoms with E-state index in [9.17, 15) is 20.1 Å². The van der Waals surface area contributed by atoms with Crippen LogP contribution in [-0.4, -0.2) is 47.7 Å². The minimum atomic E-state index is -1.65. The summed E-state index contributed by atoms with van der Waals surface area (Å²) < 4.78 is 5.82. The summed E-state index contributed by atoms with van der Waals surface area (Å²) in [5, 5.41) is 35.6. The lowest BCUT2D eigenvalue weighted by molar-refractivity contribution is -0.265. The topological polar surface area (TPSA) is 99.0 Å². The number of Topliss-reactive ketones (excluding diaryl/α,β-unsaturated/α-hetero) is 1. The molecule has 0 heterocycles. The summed E-state index contributed by atoms with van der Waals surface area (Å²) in [4.78, 5) is 14.3. The number of fused-ring (bicyclic) bond motifs is 1. The van der Waals surface area contributed by atoms with E-state index >= 15 is 0 Å². The molecule has 0 radical (unpaired) electrons. The van der Waals surface area contributed by atoms with Crippen LogP contribution in [0.3, 0.4) is 0 Å². The standard InChI is InChI=1S/C31H39NO5/c1-19-28-25(18-33)26-9-6-12-29(19,2)30(26,31(28,36)37-4)27(35)11-10-20-7-5-8-22(13-20)23-14-21(17-32-3)15-24(34)16-23/h5,7-8,13-16,25-26,28,32-34,36H,1,6,9-12,17-18H2,2-4H3/t25-,26+,28+,29+,30-,31+/m1/s1. The van der Waals surface area contributed by atoms with E-state index in [0.717, 1.165) is 47.1 Å². The molecule has 6 nitrogen and oxygen atoms in total. The molecule has 0 aliphatic heterocycles. The van der Waals surface area contributed by atoms with Crippen molar-refractivity contribution >= 4 is 5.78 Å². The van der Waals surface area contributed by atoms with Gasteiger partial charge in [-0.25, -0.2) is 0 Å². The summed E-state index contributed by atoms with van der Waals surface area (Å²) in [7, 11) is 3.35. The Morgan fingerprint density at radius 2 is 1.95 bits per heavy atom. The summed E-state index contributed by atoms with van der Waals surface area (Å²) in [6, 6.07) is 13.6. The van der Waals surface area contributed by atoms with Gasteiger partial charge in [0.25, 0.3) is 0 Å². The van der Waals surface area contributed by atoms with Gasteiger partial charge in [0.1, 0.15) is 11.5 Å². The van der Waals surface area contributed by atoms with Crippen LogP contribution in [0, 0.1) is 28.6 Å². The molecule has 0 spiro atoms. The normalized spacial score (nSPS) is 34.2. The highest BCUT2D eigenvalue weighted by Crippen LogP contribution is 2.79. The SMILES string of the molecule is C=C1[C@H]2[C@H](CO)[C@@H]3CCC[C@]1(C)[C@@]3(C(=O)CCc1cccc(-c3cc(O)cc(CNC)c3)c1)[C@@]2(O)OC. The highest BCUT2D eigenvalue weighted by atomic mass is 16.6. The number of hydrogen-bond donors (Lipinski definition) is 4. The van der Waals surface area contributed by atoms with Crippen molar-refractivity contribution in [2.45, 2.75) is 51.4 Å². The molecule has 198 valence electrons. The number of aryl methyl sites for hydroxylation is 1. The Morgan fingerprint density at radius 3 is 2.65 bits per heavy atom. The predicted octanol–water partition coefficient (Wildman–Crippen LogP) is 4.22. The first kappa shape index (κ1) is 26.1. The number of methoxy groups -OCH3 is 1. The van der Waals surface area contributed by atoms with E-state index in [-0.39, 0.29) is 36.4 Å². The fourth-order valence-electron chi connectivity index (χ4n) is 8.46. The first-order chi connectivity index (χ1) is 17.7. The average molecular weight is 506 g/mol. The third kappa shape index (κ3) is 3.49. The smallest absolute Gasteiger partial charge is 0.185 e. The summed E-state index contributed by atoms with van der Waals surface area (Å²) in [6.45, 7) is 7.00. The fourth-order valence-corrected chi connectivity index (χ4v) is 8.46. The molecule has 0 amide bonds. The number of carbonyl (C=O) groups excluding carboxylic acids is 1. The molecular weight excluding hydrogens is 466 g/mol. The van der Waals surface area contributed by atoms with Gasteiger partial charge in [0, 0.05) is 38.0 Å². The largest absolute Gasteiger partial charge is 0.508 e. The number of aromatic hydroxyl groups is 1. The molecule has 3 aliphatic carbocycles. The van der Waals surface area contributed by atoms with Gasteiger partial charge in [-0.3, -0.25) is 4.79 Å². The van der Waals surface area contributed by atoms with Gasteiger partial charge in [-0.15, -0.1) is 0 Å². The molecule has 3 saturated carbocycles. The second kappa shape index (κ2) is 9.35. The minimum absolute atomic E-state index is 0.00251. The molecule has 6 atom stereocenters. The fraction of sp³-hybridized carbons (Fsp3) is 0.516. The Bertz CT molecular complexity index is 1230. The highest BCUT2D eigenvalue weighted by molar-refractivity contribution is 5.90. The van der Waals surface area contributed by atoms with Crippen LogP contribution >= 0.6 is 0 Å². The van der Waals surface area contributed by atoms with Crippen molar-refractivity contribution in [2.24, 2.45) is 28.6 Å². The monoisotopic (exact) mass is 505 g/mol. The second-order valence-corrected chi connectivity index (χ2v) is 11.4. The lowest BCUT2D eigenvalue weighted by Gasteiger charge is -2.55. The van der Waals surface area contributed by atoms with Crippen molar-refractivity contribution in [3.8, 4) is 16.9 Å². The molecule has 0 aromatic heterocycles. The zero-order chi connectivity index (χ0) is 26.6. The Labute approximate surface area is 219 Å². The number of carbonyl (C=O) groups is 1. The lowest BCUT2D eigenvalue weighted by Crippen LogP contribution is -2.61. The van der Waals surface area contributed by atoms with Gasteiger partial charge < -0.3 is 25.4 Å². The van der Waals surface area contributed by atoms with Crippen LogP contribution in [0.15, 0.2) is 54.6 Å². The van der Waals surface area contributed by atoms with Crippen LogP contribution in [-0.2, 0) is 22.5 Å². The molecule has 3 fully saturated rings. The Kier molecular flexibility index (Phi) is 6.60. The van der Waals surface area contributed by atoms with Gasteiger partial charge in [0.15, 0.2) is 5.79 Å². The molecule has 6 heteroatoms. The van der Waals surface area contributed by atoms with Crippen LogP contribution in [0.2, 0.25) is 0 Å². The molecule has 0 unspecified atom stereocenters. The van der Waals surface area contributed by atoms with Crippen LogP contribution < -0.4 is 5.32 Å². The average Bonchev–Trinajstić information content (AvgIpc) is 3.21. The Morgan fingerprint density at radius 1 is 1.19 bits per heavy atom. The summed E-state index contributed by atoms with van der Waals surface area (Å²) in [5.74, 6) is -2.23. The first-order valence-electron chi connectivity index (χ1n) is 13.4. The lowest BCUT2D eigenvalue weighted by atomic mass is 9.47. The number of benzene rings is 2. The number of nitrogens with one attached hydrogen (secondary N) is 1. The Hall–Kier alpha value is -2.51. The molecule has 3 aliphatic rings. The van der Waals surface area contributed by atoms with Crippen molar-refractivity contribution in [3.63, 3.8) is 0 Å². The van der Waals surface area contributed by atoms with Gasteiger partial charge in [0.05, 0.1) is 5.41 Å². The molecule has 2 bridgehead atoms. The maximum atomic E-state index is 14.3. The first-order valence-corrected chi connectivity index (χ1v) is 13.4. The van der Waals surface area contributed by atoms with Crippen molar-refractivity contribution < 1.29 is 24.9 Å². The molecule has 37 heavy (non-hydrogen) atoms. The molecule has 4 N–H and O–H groups in total. The number of phenols is 1. The van der Waals surface area contributed by atoms with E-state index in [1.165, 1.54) is 7.11 Å². The minimum Gasteiger partial charge on any atom is -0.508 e. The van der Waals surface area contributed by atoms with E-state index in [4.69, 9.17) is 4.74 Å². The molecule has 2 aromatic carbocycles. The molecule has 2 aromatic rings. The number of phenolic OH excluding ortho intramolecular Hbond substituents is 1. The summed E-state index contributed by atoms with van der Waals surface area (Å²) in [5.41, 5.74) is 3.10. The summed E-state index contributed by atoms with van der Waals surface area (Å²) in [6.07, 6.45) is 3.32. The van der Waals surface area contributed by atoms with Crippen LogP contribution in [0.5, 0.6) is 5.75 Å². The van der Waals surface area contributed by atoms with Crippen LogP contribution in [0.1, 0.15) is 43.7 Å². The zero-order valence-corrected chi connectivity index (χ0v) is 22.1. The summed E-state index contributed by atoms with van der Waals surface area (Å²) >= 11 is 0. The Balaban J connectivity index is 1.45. The van der Waals surface area contributed by atoms with Crippen molar-refractivity contribution in [2.75, 3.05) is 20.8 Å². The van der Waals surface area contributed by atoms with E-state index in [2.05, 4.69) is 31.0 Å². The van der Waals surface area contributed by atoms with E-state index in [1.807, 2.05) is 25.2 Å². The van der Waals surface area contributed by atoms with Gasteiger partial charge in [-0.05, 0) is 78.6 Å². The van der Waals surface area contributed by atoms with Crippen molar-refractivity contribution in [1.82, 2.24) is 5.32 Å². The van der Waals surface area contributed by atoms with E-state index in [0.29, 0.717) is 13.0 Å². The highest BCUT2D eigenvalue weighted by Gasteiger charge is 2.84. The number of aliphatic hydroxyl groups excluding tert-OH is 1. The number of ether oxygens (including phenoxy) is 1. The zero-order valence-electron chi connectivity index (χ0n) is 22.1. The van der Waals surface area contributed by atoms with E-state index in [1.54, 1.807) is 12.1 Å². The van der Waals surface area contributed by atoms with Crippen molar-refractivity contribution in [3.05, 3.63) is 65.7 Å². The number of ketones is 1. The van der Waals surface area contributed by atoms with Gasteiger partial charge >= 0.3 is 0 Å². The maximum absolute atomic E-state index is 14.3. The third-order valence-electron chi connectivity index (χ3n) is 9.86. The molecule has 0 saturated heterocycles. The van der Waals surface area contributed by atoms with Gasteiger partial charge in [-0.2, -0.15) is 0 Å². The van der Waals surface area contributed by atoms with Gasteiger partial charge in [0.2, 0.25) is 0 Å².